The van der Waals surface area contributed by atoms with Gasteiger partial charge in [-0.25, -0.2) is 0 Å². The number of esters is 1. The molecule has 0 unspecified atom stereocenters. The summed E-state index contributed by atoms with van der Waals surface area (Å²) >= 11 is 0. The molecular formula is C13H21NO5. The average molecular weight is 271 g/mol. The monoisotopic (exact) mass is 271 g/mol. The molecule has 1 saturated heterocycles. The Morgan fingerprint density at radius 2 is 2.16 bits per heavy atom. The number of nitrogens with two attached hydrogens (primary N) is 1. The Morgan fingerprint density at radius 3 is 2.79 bits per heavy atom. The van der Waals surface area contributed by atoms with E-state index in [0.29, 0.717) is 0 Å². The number of carbonyl (C=O) groups excluding carboxylic acids is 1. The number of aliphatic hydroxyl groups is 1. The SMILES string of the molecule is CCOC(=O)[C@@H](N)[C@@H]1C=C[C@@H]2OC(C)(C)O[C@@H]2[C@H]1O. The average Bonchev–Trinajstić information content (AvgIpc) is 2.65. The van der Waals surface area contributed by atoms with Crippen molar-refractivity contribution in [1.29, 1.82) is 0 Å². The number of hydrogen-bond donors (Lipinski definition) is 2. The molecule has 19 heavy (non-hydrogen) atoms. The minimum atomic E-state index is -0.903. The third-order valence-electron chi connectivity index (χ3n) is 3.39. The predicted molar refractivity (Wildman–Crippen MR) is 67.1 cm³/mol. The first kappa shape index (κ1) is 14.5. The second-order valence-electron chi connectivity index (χ2n) is 5.30. The van der Waals surface area contributed by atoms with Crippen molar-refractivity contribution < 1.29 is 24.1 Å². The van der Waals surface area contributed by atoms with E-state index in [1.54, 1.807) is 32.9 Å². The van der Waals surface area contributed by atoms with Crippen LogP contribution in [0.1, 0.15) is 20.8 Å². The van der Waals surface area contributed by atoms with Crippen LogP contribution in [0.4, 0.5) is 0 Å². The lowest BCUT2D eigenvalue weighted by Crippen LogP contribution is -2.51. The van der Waals surface area contributed by atoms with E-state index in [2.05, 4.69) is 0 Å². The van der Waals surface area contributed by atoms with Gasteiger partial charge >= 0.3 is 5.97 Å². The Morgan fingerprint density at radius 1 is 1.47 bits per heavy atom. The molecule has 0 spiro atoms. The number of rotatable bonds is 3. The van der Waals surface area contributed by atoms with E-state index < -0.39 is 35.9 Å². The minimum absolute atomic E-state index is 0.262. The van der Waals surface area contributed by atoms with Crippen LogP contribution in [0.3, 0.4) is 0 Å². The van der Waals surface area contributed by atoms with E-state index in [-0.39, 0.29) is 12.7 Å². The maximum atomic E-state index is 11.6. The zero-order valence-electron chi connectivity index (χ0n) is 11.4. The maximum absolute atomic E-state index is 11.6. The third kappa shape index (κ3) is 2.81. The van der Waals surface area contributed by atoms with Gasteiger partial charge < -0.3 is 25.1 Å². The summed E-state index contributed by atoms with van der Waals surface area (Å²) in [5.41, 5.74) is 5.84. The van der Waals surface area contributed by atoms with E-state index in [4.69, 9.17) is 19.9 Å². The van der Waals surface area contributed by atoms with Crippen LogP contribution in [0.15, 0.2) is 12.2 Å². The van der Waals surface area contributed by atoms with Gasteiger partial charge in [-0.05, 0) is 20.8 Å². The van der Waals surface area contributed by atoms with Crippen molar-refractivity contribution in [2.24, 2.45) is 11.7 Å². The summed E-state index contributed by atoms with van der Waals surface area (Å²) in [5.74, 6) is -1.80. The fourth-order valence-electron chi connectivity index (χ4n) is 2.53. The molecule has 0 bridgehead atoms. The fraction of sp³-hybridized carbons (Fsp3) is 0.769. The highest BCUT2D eigenvalue weighted by Crippen LogP contribution is 2.36. The van der Waals surface area contributed by atoms with Crippen LogP contribution in [-0.2, 0) is 19.0 Å². The molecule has 6 heteroatoms. The van der Waals surface area contributed by atoms with Crippen LogP contribution in [0.25, 0.3) is 0 Å². The van der Waals surface area contributed by atoms with Gasteiger partial charge in [0.2, 0.25) is 0 Å². The first-order valence-electron chi connectivity index (χ1n) is 6.50. The van der Waals surface area contributed by atoms with Gasteiger partial charge in [0.1, 0.15) is 18.2 Å². The predicted octanol–water partition coefficient (Wildman–Crippen LogP) is -0.0562. The van der Waals surface area contributed by atoms with E-state index in [1.807, 2.05) is 0 Å². The van der Waals surface area contributed by atoms with E-state index >= 15 is 0 Å². The van der Waals surface area contributed by atoms with Gasteiger partial charge in [-0.3, -0.25) is 4.79 Å². The third-order valence-corrected chi connectivity index (χ3v) is 3.39. The summed E-state index contributed by atoms with van der Waals surface area (Å²) in [5, 5.41) is 10.3. The van der Waals surface area contributed by atoms with Crippen LogP contribution < -0.4 is 5.73 Å². The second-order valence-corrected chi connectivity index (χ2v) is 5.30. The normalized spacial score (nSPS) is 37.7. The topological polar surface area (TPSA) is 91.0 Å². The highest BCUT2D eigenvalue weighted by molar-refractivity contribution is 5.76. The van der Waals surface area contributed by atoms with E-state index in [0.717, 1.165) is 0 Å². The Balaban J connectivity index is 2.10. The van der Waals surface area contributed by atoms with Crippen molar-refractivity contribution in [3.63, 3.8) is 0 Å². The molecule has 1 aliphatic heterocycles. The van der Waals surface area contributed by atoms with E-state index in [9.17, 15) is 9.90 Å². The van der Waals surface area contributed by atoms with Gasteiger partial charge in [0.05, 0.1) is 12.7 Å². The molecular weight excluding hydrogens is 250 g/mol. The maximum Gasteiger partial charge on any atom is 0.323 e. The number of carbonyl (C=O) groups is 1. The van der Waals surface area contributed by atoms with Gasteiger partial charge in [-0.15, -0.1) is 0 Å². The fourth-order valence-corrected chi connectivity index (χ4v) is 2.53. The zero-order valence-corrected chi connectivity index (χ0v) is 11.4. The van der Waals surface area contributed by atoms with Crippen molar-refractivity contribution in [1.82, 2.24) is 0 Å². The molecule has 2 rings (SSSR count). The second kappa shape index (κ2) is 5.20. The van der Waals surface area contributed by atoms with Crippen LogP contribution in [-0.4, -0.2) is 47.8 Å². The standard InChI is InChI=1S/C13H21NO5/c1-4-17-12(16)9(14)7-5-6-8-11(10(7)15)19-13(2,3)18-8/h5-11,15H,4,14H2,1-3H3/t7-,8-,9-,10-,11-/m0/s1. The zero-order chi connectivity index (χ0) is 14.2. The van der Waals surface area contributed by atoms with Gasteiger partial charge in [0.25, 0.3) is 0 Å². The largest absolute Gasteiger partial charge is 0.465 e. The van der Waals surface area contributed by atoms with Crippen molar-refractivity contribution in [3.05, 3.63) is 12.2 Å². The number of fused-ring (bicyclic) bond motifs is 1. The highest BCUT2D eigenvalue weighted by Gasteiger charge is 2.49. The first-order valence-corrected chi connectivity index (χ1v) is 6.50. The molecule has 1 aliphatic carbocycles. The summed E-state index contributed by atoms with van der Waals surface area (Å²) in [6.07, 6.45) is 1.78. The lowest BCUT2D eigenvalue weighted by atomic mass is 9.84. The van der Waals surface area contributed by atoms with Crippen LogP contribution >= 0.6 is 0 Å². The van der Waals surface area contributed by atoms with Gasteiger partial charge in [0, 0.05) is 5.92 Å². The molecule has 3 N–H and O–H groups in total. The van der Waals surface area contributed by atoms with Crippen molar-refractivity contribution in [2.75, 3.05) is 6.61 Å². The molecule has 0 amide bonds. The Kier molecular flexibility index (Phi) is 3.96. The van der Waals surface area contributed by atoms with Crippen molar-refractivity contribution in [3.8, 4) is 0 Å². The molecule has 0 saturated carbocycles. The Labute approximate surface area is 112 Å². The van der Waals surface area contributed by atoms with Gasteiger partial charge in [-0.2, -0.15) is 0 Å². The molecule has 0 aromatic heterocycles. The Bertz CT molecular complexity index is 381. The molecule has 0 aromatic rings. The first-order chi connectivity index (χ1) is 8.85. The van der Waals surface area contributed by atoms with Crippen molar-refractivity contribution >= 4 is 5.97 Å². The lowest BCUT2D eigenvalue weighted by Gasteiger charge is -2.32. The molecule has 1 fully saturated rings. The van der Waals surface area contributed by atoms with Crippen molar-refractivity contribution in [2.45, 2.75) is 50.9 Å². The molecule has 2 aliphatic rings. The van der Waals surface area contributed by atoms with Crippen LogP contribution in [0.2, 0.25) is 0 Å². The number of aliphatic hydroxyl groups excluding tert-OH is 1. The summed E-state index contributed by atoms with van der Waals surface area (Å²) < 4.78 is 16.2. The van der Waals surface area contributed by atoms with Crippen LogP contribution in [0.5, 0.6) is 0 Å². The summed E-state index contributed by atoms with van der Waals surface area (Å²) in [6, 6.07) is -0.903. The molecule has 0 aromatic carbocycles. The van der Waals surface area contributed by atoms with Gasteiger partial charge in [0.15, 0.2) is 5.79 Å². The quantitative estimate of drug-likeness (QED) is 0.552. The minimum Gasteiger partial charge on any atom is -0.465 e. The smallest absolute Gasteiger partial charge is 0.323 e. The lowest BCUT2D eigenvalue weighted by molar-refractivity contribution is -0.158. The molecule has 0 radical (unpaired) electrons. The van der Waals surface area contributed by atoms with Gasteiger partial charge in [-0.1, -0.05) is 12.2 Å². The number of ether oxygens (including phenoxy) is 3. The summed E-state index contributed by atoms with van der Waals surface area (Å²) in [4.78, 5) is 11.6. The summed E-state index contributed by atoms with van der Waals surface area (Å²) in [7, 11) is 0. The van der Waals surface area contributed by atoms with E-state index in [1.165, 1.54) is 0 Å². The summed E-state index contributed by atoms with van der Waals surface area (Å²) in [6.45, 7) is 5.54. The molecule has 108 valence electrons. The molecule has 1 heterocycles. The molecule has 5 atom stereocenters. The highest BCUT2D eigenvalue weighted by atomic mass is 16.8. The number of hydrogen-bond acceptors (Lipinski definition) is 6. The Hall–Kier alpha value is -0.950. The van der Waals surface area contributed by atoms with Crippen LogP contribution in [0, 0.1) is 5.92 Å². The molecule has 6 nitrogen and oxygen atoms in total.